The SMILES string of the molecule is COc1ccc(Br)cc1/C=C/C(=O)Nc1cc(S(=O)(=O)N(C)C)ccc1C. The van der Waals surface area contributed by atoms with Gasteiger partial charge in [0.05, 0.1) is 12.0 Å². The molecule has 6 nitrogen and oxygen atoms in total. The molecule has 0 radical (unpaired) electrons. The predicted molar refractivity (Wildman–Crippen MR) is 110 cm³/mol. The summed E-state index contributed by atoms with van der Waals surface area (Å²) in [4.78, 5) is 12.4. The molecule has 0 aliphatic rings. The number of anilines is 1. The molecule has 0 aliphatic carbocycles. The number of hydrogen-bond acceptors (Lipinski definition) is 4. The van der Waals surface area contributed by atoms with Gasteiger partial charge in [-0.25, -0.2) is 12.7 Å². The number of carbonyl (C=O) groups is 1. The van der Waals surface area contributed by atoms with Crippen molar-refractivity contribution < 1.29 is 17.9 Å². The minimum atomic E-state index is -3.58. The van der Waals surface area contributed by atoms with E-state index in [2.05, 4.69) is 21.2 Å². The van der Waals surface area contributed by atoms with Crippen LogP contribution in [0.15, 0.2) is 51.8 Å². The fraction of sp³-hybridized carbons (Fsp3) is 0.211. The van der Waals surface area contributed by atoms with E-state index in [9.17, 15) is 13.2 Å². The standard InChI is InChI=1S/C19H21BrN2O4S/c1-13-5-8-16(27(24,25)22(2)3)12-17(13)21-19(23)10-6-14-11-15(20)7-9-18(14)26-4/h5-12H,1-4H3,(H,21,23)/b10-6+. The third-order valence-corrected chi connectivity index (χ3v) is 6.16. The van der Waals surface area contributed by atoms with Crippen molar-refractivity contribution in [3.05, 3.63) is 58.1 Å². The van der Waals surface area contributed by atoms with E-state index >= 15 is 0 Å². The summed E-state index contributed by atoms with van der Waals surface area (Å²) in [6, 6.07) is 10.1. The van der Waals surface area contributed by atoms with Gasteiger partial charge < -0.3 is 10.1 Å². The highest BCUT2D eigenvalue weighted by molar-refractivity contribution is 9.10. The second-order valence-electron chi connectivity index (χ2n) is 5.97. The van der Waals surface area contributed by atoms with E-state index < -0.39 is 10.0 Å². The van der Waals surface area contributed by atoms with Crippen LogP contribution in [-0.4, -0.2) is 39.8 Å². The number of rotatable bonds is 6. The van der Waals surface area contributed by atoms with Gasteiger partial charge in [0.25, 0.3) is 0 Å². The summed E-state index contributed by atoms with van der Waals surface area (Å²) in [6.07, 6.45) is 3.01. The lowest BCUT2D eigenvalue weighted by atomic mass is 10.1. The van der Waals surface area contributed by atoms with E-state index in [0.29, 0.717) is 11.4 Å². The first-order valence-electron chi connectivity index (χ1n) is 8.01. The Hall–Kier alpha value is -2.16. The van der Waals surface area contributed by atoms with Crippen LogP contribution in [0.5, 0.6) is 5.75 Å². The quantitative estimate of drug-likeness (QED) is 0.678. The lowest BCUT2D eigenvalue weighted by molar-refractivity contribution is -0.111. The molecule has 2 rings (SSSR count). The highest BCUT2D eigenvalue weighted by Crippen LogP contribution is 2.25. The average Bonchev–Trinajstić information content (AvgIpc) is 2.61. The second kappa shape index (κ2) is 8.69. The van der Waals surface area contributed by atoms with Crippen LogP contribution in [0, 0.1) is 6.92 Å². The Labute approximate surface area is 168 Å². The van der Waals surface area contributed by atoms with Crippen LogP contribution in [0.25, 0.3) is 6.08 Å². The third kappa shape index (κ3) is 5.18. The summed E-state index contributed by atoms with van der Waals surface area (Å²) in [5.74, 6) is 0.261. The highest BCUT2D eigenvalue weighted by atomic mass is 79.9. The molecule has 0 spiro atoms. The largest absolute Gasteiger partial charge is 0.496 e. The number of nitrogens with zero attached hydrogens (tertiary/aromatic N) is 1. The maximum absolute atomic E-state index is 12.3. The zero-order valence-corrected chi connectivity index (χ0v) is 17.9. The van der Waals surface area contributed by atoms with E-state index in [-0.39, 0.29) is 10.8 Å². The van der Waals surface area contributed by atoms with Crippen molar-refractivity contribution in [3.8, 4) is 5.75 Å². The van der Waals surface area contributed by atoms with Crippen molar-refractivity contribution in [3.63, 3.8) is 0 Å². The molecule has 27 heavy (non-hydrogen) atoms. The van der Waals surface area contributed by atoms with E-state index in [1.165, 1.54) is 32.3 Å². The van der Waals surface area contributed by atoms with E-state index in [4.69, 9.17) is 4.74 Å². The molecule has 0 saturated carbocycles. The molecule has 0 aromatic heterocycles. The average molecular weight is 453 g/mol. The van der Waals surface area contributed by atoms with Gasteiger partial charge in [-0.05, 0) is 48.9 Å². The number of methoxy groups -OCH3 is 1. The maximum atomic E-state index is 12.3. The number of carbonyl (C=O) groups excluding carboxylic acids is 1. The maximum Gasteiger partial charge on any atom is 0.248 e. The Morgan fingerprint density at radius 1 is 1.19 bits per heavy atom. The van der Waals surface area contributed by atoms with E-state index in [1.807, 2.05) is 12.1 Å². The molecule has 0 saturated heterocycles. The van der Waals surface area contributed by atoms with Gasteiger partial charge >= 0.3 is 0 Å². The minimum absolute atomic E-state index is 0.117. The predicted octanol–water partition coefficient (Wildman–Crippen LogP) is 3.67. The second-order valence-corrected chi connectivity index (χ2v) is 9.04. The summed E-state index contributed by atoms with van der Waals surface area (Å²) in [7, 11) is 0.897. The van der Waals surface area contributed by atoms with Gasteiger partial charge in [-0.1, -0.05) is 22.0 Å². The Balaban J connectivity index is 2.25. The fourth-order valence-electron chi connectivity index (χ4n) is 2.28. The van der Waals surface area contributed by atoms with Crippen LogP contribution in [0.4, 0.5) is 5.69 Å². The fourth-order valence-corrected chi connectivity index (χ4v) is 3.59. The number of hydrogen-bond donors (Lipinski definition) is 1. The van der Waals surface area contributed by atoms with Crippen molar-refractivity contribution >= 4 is 43.6 Å². The number of ether oxygens (including phenoxy) is 1. The van der Waals surface area contributed by atoms with Crippen molar-refractivity contribution in [2.45, 2.75) is 11.8 Å². The number of benzene rings is 2. The molecular weight excluding hydrogens is 432 g/mol. The molecule has 0 aliphatic heterocycles. The van der Waals surface area contributed by atoms with Crippen LogP contribution >= 0.6 is 15.9 Å². The van der Waals surface area contributed by atoms with E-state index in [0.717, 1.165) is 19.9 Å². The van der Waals surface area contributed by atoms with Gasteiger partial charge in [-0.2, -0.15) is 0 Å². The van der Waals surface area contributed by atoms with Gasteiger partial charge in [0.2, 0.25) is 15.9 Å². The zero-order valence-electron chi connectivity index (χ0n) is 15.5. The Kier molecular flexibility index (Phi) is 6.80. The summed E-state index contributed by atoms with van der Waals surface area (Å²) >= 11 is 3.38. The van der Waals surface area contributed by atoms with Crippen molar-refractivity contribution in [2.75, 3.05) is 26.5 Å². The van der Waals surface area contributed by atoms with E-state index in [1.54, 1.807) is 32.2 Å². The van der Waals surface area contributed by atoms with Gasteiger partial charge in [0, 0.05) is 35.9 Å². The number of sulfonamides is 1. The Bertz CT molecular complexity index is 985. The van der Waals surface area contributed by atoms with Gasteiger partial charge in [-0.15, -0.1) is 0 Å². The number of nitrogens with one attached hydrogen (secondary N) is 1. The summed E-state index contributed by atoms with van der Waals surface area (Å²) in [5.41, 5.74) is 1.94. The molecule has 1 N–H and O–H groups in total. The Morgan fingerprint density at radius 2 is 1.89 bits per heavy atom. The molecule has 1 amide bonds. The monoisotopic (exact) mass is 452 g/mol. The van der Waals surface area contributed by atoms with Crippen molar-refractivity contribution in [2.24, 2.45) is 0 Å². The van der Waals surface area contributed by atoms with Crippen LogP contribution in [0.1, 0.15) is 11.1 Å². The summed E-state index contributed by atoms with van der Waals surface area (Å²) < 4.78 is 31.8. The van der Waals surface area contributed by atoms with Crippen molar-refractivity contribution in [1.82, 2.24) is 4.31 Å². The summed E-state index contributed by atoms with van der Waals surface area (Å²) in [6.45, 7) is 1.79. The molecule has 0 atom stereocenters. The molecule has 8 heteroatoms. The number of halogens is 1. The number of amides is 1. The first-order valence-corrected chi connectivity index (χ1v) is 10.2. The molecule has 0 unspecified atom stereocenters. The molecule has 0 fully saturated rings. The lowest BCUT2D eigenvalue weighted by Crippen LogP contribution is -2.22. The number of aryl methyl sites for hydroxylation is 1. The first kappa shape index (κ1) is 21.1. The molecular formula is C19H21BrN2O4S. The topological polar surface area (TPSA) is 75.7 Å². The smallest absolute Gasteiger partial charge is 0.248 e. The van der Waals surface area contributed by atoms with Gasteiger partial charge in [0.1, 0.15) is 5.75 Å². The Morgan fingerprint density at radius 3 is 2.52 bits per heavy atom. The molecule has 0 bridgehead atoms. The van der Waals surface area contributed by atoms with Gasteiger partial charge in [-0.3, -0.25) is 4.79 Å². The summed E-state index contributed by atoms with van der Waals surface area (Å²) in [5, 5.41) is 2.72. The lowest BCUT2D eigenvalue weighted by Gasteiger charge is -2.14. The molecule has 2 aromatic rings. The zero-order chi connectivity index (χ0) is 20.2. The third-order valence-electron chi connectivity index (χ3n) is 3.85. The van der Waals surface area contributed by atoms with Crippen molar-refractivity contribution in [1.29, 1.82) is 0 Å². The highest BCUT2D eigenvalue weighted by Gasteiger charge is 2.18. The molecule has 144 valence electrons. The first-order chi connectivity index (χ1) is 12.6. The van der Waals surface area contributed by atoms with Crippen LogP contribution in [0.2, 0.25) is 0 Å². The minimum Gasteiger partial charge on any atom is -0.496 e. The molecule has 0 heterocycles. The van der Waals surface area contributed by atoms with Crippen LogP contribution in [-0.2, 0) is 14.8 Å². The van der Waals surface area contributed by atoms with Crippen LogP contribution in [0.3, 0.4) is 0 Å². The van der Waals surface area contributed by atoms with Crippen LogP contribution < -0.4 is 10.1 Å². The molecule has 2 aromatic carbocycles. The normalized spacial score (nSPS) is 11.8. The van der Waals surface area contributed by atoms with Gasteiger partial charge in [0.15, 0.2) is 0 Å².